The normalized spacial score (nSPS) is 13.8. The molecule has 2 nitrogen and oxygen atoms in total. The number of hydrogen-bond acceptors (Lipinski definition) is 1. The van der Waals surface area contributed by atoms with Crippen LogP contribution in [0.3, 0.4) is 0 Å². The lowest BCUT2D eigenvalue weighted by Crippen LogP contribution is -2.30. The lowest BCUT2D eigenvalue weighted by atomic mass is 9.83. The molecule has 0 radical (unpaired) electrons. The molecule has 2 aromatic heterocycles. The fourth-order valence-electron chi connectivity index (χ4n) is 4.75. The predicted molar refractivity (Wildman–Crippen MR) is 123 cm³/mol. The van der Waals surface area contributed by atoms with Gasteiger partial charge in [0, 0.05) is 34.4 Å². The van der Waals surface area contributed by atoms with Gasteiger partial charge >= 0.3 is 0 Å². The molecular weight excluding hydrogens is 364 g/mol. The van der Waals surface area contributed by atoms with Gasteiger partial charge in [0.1, 0.15) is 7.05 Å². The fourth-order valence-corrected chi connectivity index (χ4v) is 4.75. The van der Waals surface area contributed by atoms with Gasteiger partial charge in [0.05, 0.1) is 5.69 Å². The van der Waals surface area contributed by atoms with Gasteiger partial charge in [-0.2, -0.15) is 0 Å². The average molecular weight is 392 g/mol. The number of fused-ring (bicyclic) bond motifs is 3. The van der Waals surface area contributed by atoms with Crippen LogP contribution in [0.25, 0.3) is 33.5 Å². The minimum absolute atomic E-state index is 0.102. The summed E-state index contributed by atoms with van der Waals surface area (Å²) in [6.07, 6.45) is 2.16. The monoisotopic (exact) mass is 391 g/mol. The maximum absolute atomic E-state index is 4.92. The van der Waals surface area contributed by atoms with E-state index in [9.17, 15) is 0 Å². The third kappa shape index (κ3) is 2.79. The van der Waals surface area contributed by atoms with E-state index in [0.717, 1.165) is 5.69 Å². The van der Waals surface area contributed by atoms with Gasteiger partial charge in [-0.1, -0.05) is 56.3 Å². The van der Waals surface area contributed by atoms with Gasteiger partial charge in [-0.25, -0.2) is 4.57 Å². The average Bonchev–Trinajstić information content (AvgIpc) is 2.95. The van der Waals surface area contributed by atoms with E-state index in [1.165, 1.54) is 50.3 Å². The summed E-state index contributed by atoms with van der Waals surface area (Å²) < 4.78 is 2.22. The van der Waals surface area contributed by atoms with Crippen molar-refractivity contribution in [1.29, 1.82) is 0 Å². The Hall–Kier alpha value is -3.26. The van der Waals surface area contributed by atoms with Gasteiger partial charge in [-0.3, -0.25) is 4.98 Å². The van der Waals surface area contributed by atoms with E-state index < -0.39 is 0 Å². The molecule has 2 heterocycles. The first kappa shape index (κ1) is 18.7. The number of nitrogens with zero attached hydrogens (tertiary/aromatic N) is 2. The van der Waals surface area contributed by atoms with Crippen LogP contribution in [0.15, 0.2) is 72.9 Å². The van der Waals surface area contributed by atoms with E-state index in [2.05, 4.69) is 112 Å². The van der Waals surface area contributed by atoms with Crippen LogP contribution >= 0.6 is 0 Å². The Bertz CT molecular complexity index is 1280. The summed E-state index contributed by atoms with van der Waals surface area (Å²) in [7, 11) is 2.13. The number of benzene rings is 2. The lowest BCUT2D eigenvalue weighted by Gasteiger charge is -2.21. The van der Waals surface area contributed by atoms with Crippen molar-refractivity contribution in [3.05, 3.63) is 95.4 Å². The van der Waals surface area contributed by atoms with Crippen molar-refractivity contribution in [2.75, 3.05) is 0 Å². The molecule has 0 saturated heterocycles. The van der Waals surface area contributed by atoms with Crippen molar-refractivity contribution < 1.29 is 4.57 Å². The van der Waals surface area contributed by atoms with E-state index in [1.54, 1.807) is 0 Å². The van der Waals surface area contributed by atoms with Crippen LogP contribution in [-0.2, 0) is 12.5 Å². The molecular formula is C28H27N2+. The molecule has 1 aliphatic rings. The van der Waals surface area contributed by atoms with Crippen molar-refractivity contribution in [3.63, 3.8) is 0 Å². The zero-order valence-electron chi connectivity index (χ0n) is 18.3. The van der Waals surface area contributed by atoms with Crippen molar-refractivity contribution in [3.8, 4) is 33.5 Å². The Morgan fingerprint density at radius 2 is 1.53 bits per heavy atom. The Morgan fingerprint density at radius 1 is 0.767 bits per heavy atom. The first-order valence-electron chi connectivity index (χ1n) is 10.6. The highest BCUT2D eigenvalue weighted by molar-refractivity contribution is 5.83. The van der Waals surface area contributed by atoms with E-state index >= 15 is 0 Å². The van der Waals surface area contributed by atoms with E-state index in [1.807, 2.05) is 0 Å². The fraction of sp³-hybridized carbons (Fsp3) is 0.214. The maximum atomic E-state index is 4.92. The number of rotatable bonds is 2. The summed E-state index contributed by atoms with van der Waals surface area (Å²) in [5, 5.41) is 0. The first-order valence-corrected chi connectivity index (χ1v) is 10.6. The molecule has 0 N–H and O–H groups in total. The van der Waals surface area contributed by atoms with Crippen molar-refractivity contribution in [2.24, 2.45) is 7.05 Å². The van der Waals surface area contributed by atoms with Crippen LogP contribution in [0.2, 0.25) is 0 Å². The maximum Gasteiger partial charge on any atom is 0.213 e. The third-order valence-corrected chi connectivity index (χ3v) is 6.49. The minimum Gasteiger partial charge on any atom is -0.257 e. The topological polar surface area (TPSA) is 16.8 Å². The second-order valence-electron chi connectivity index (χ2n) is 8.96. The quantitative estimate of drug-likeness (QED) is 0.374. The smallest absolute Gasteiger partial charge is 0.213 e. The van der Waals surface area contributed by atoms with E-state index in [-0.39, 0.29) is 5.41 Å². The molecule has 5 rings (SSSR count). The lowest BCUT2D eigenvalue weighted by molar-refractivity contribution is -0.660. The SMILES string of the molecule is Cc1ccc2c(n1)C(C)(C)c1cc(-c3cc(-c4ccccc4)cc[n+]3C)c(C)cc1-2. The zero-order chi connectivity index (χ0) is 21.0. The van der Waals surface area contributed by atoms with Crippen LogP contribution in [0.5, 0.6) is 0 Å². The molecule has 148 valence electrons. The summed E-state index contributed by atoms with van der Waals surface area (Å²) in [6, 6.07) is 24.2. The largest absolute Gasteiger partial charge is 0.257 e. The molecule has 0 saturated carbocycles. The molecule has 2 aromatic carbocycles. The molecule has 0 unspecified atom stereocenters. The molecule has 0 bridgehead atoms. The highest BCUT2D eigenvalue weighted by Gasteiger charge is 2.38. The van der Waals surface area contributed by atoms with Gasteiger partial charge in [0.2, 0.25) is 5.69 Å². The van der Waals surface area contributed by atoms with Crippen LogP contribution in [-0.4, -0.2) is 4.98 Å². The molecule has 0 amide bonds. The minimum atomic E-state index is -0.102. The molecule has 0 atom stereocenters. The molecule has 30 heavy (non-hydrogen) atoms. The molecule has 1 aliphatic carbocycles. The van der Waals surface area contributed by atoms with Gasteiger partial charge in [0.25, 0.3) is 0 Å². The van der Waals surface area contributed by atoms with Crippen molar-refractivity contribution in [1.82, 2.24) is 4.98 Å². The number of aromatic nitrogens is 2. The summed E-state index contributed by atoms with van der Waals surface area (Å²) in [5.74, 6) is 0. The van der Waals surface area contributed by atoms with Gasteiger partial charge in [-0.05, 0) is 53.8 Å². The number of aryl methyl sites for hydroxylation is 3. The highest BCUT2D eigenvalue weighted by Crippen LogP contribution is 2.49. The van der Waals surface area contributed by atoms with E-state index in [4.69, 9.17) is 4.98 Å². The summed E-state index contributed by atoms with van der Waals surface area (Å²) in [4.78, 5) is 4.92. The Balaban J connectivity index is 1.71. The first-order chi connectivity index (χ1) is 14.4. The van der Waals surface area contributed by atoms with E-state index in [0.29, 0.717) is 0 Å². The summed E-state index contributed by atoms with van der Waals surface area (Å²) in [5.41, 5.74) is 12.4. The number of hydrogen-bond donors (Lipinski definition) is 0. The van der Waals surface area contributed by atoms with Gasteiger partial charge in [0.15, 0.2) is 6.20 Å². The molecule has 2 heteroatoms. The standard InChI is InChI=1S/C28H27N2/c1-18-15-24-22-12-11-19(2)29-27(22)28(3,4)25(24)17-23(18)26-16-21(13-14-30(26)5)20-9-7-6-8-10-20/h6-17H,1-5H3/q+1. The molecule has 0 aliphatic heterocycles. The second-order valence-corrected chi connectivity index (χ2v) is 8.96. The zero-order valence-corrected chi connectivity index (χ0v) is 18.3. The summed E-state index contributed by atoms with van der Waals surface area (Å²) >= 11 is 0. The van der Waals surface area contributed by atoms with Gasteiger partial charge in [-0.15, -0.1) is 0 Å². The molecule has 0 spiro atoms. The number of pyridine rings is 2. The van der Waals surface area contributed by atoms with Gasteiger partial charge < -0.3 is 0 Å². The van der Waals surface area contributed by atoms with Crippen molar-refractivity contribution >= 4 is 0 Å². The summed E-state index contributed by atoms with van der Waals surface area (Å²) in [6.45, 7) is 8.88. The van der Waals surface area contributed by atoms with Crippen LogP contribution in [0.4, 0.5) is 0 Å². The van der Waals surface area contributed by atoms with Crippen LogP contribution in [0, 0.1) is 13.8 Å². The van der Waals surface area contributed by atoms with Crippen molar-refractivity contribution in [2.45, 2.75) is 33.1 Å². The Kier molecular flexibility index (Phi) is 4.14. The Morgan fingerprint density at radius 3 is 2.30 bits per heavy atom. The third-order valence-electron chi connectivity index (χ3n) is 6.49. The predicted octanol–water partition coefficient (Wildman–Crippen LogP) is 6.16. The molecule has 4 aromatic rings. The van der Waals surface area contributed by atoms with Crippen LogP contribution < -0.4 is 4.57 Å². The molecule has 0 fully saturated rings. The Labute approximate surface area is 178 Å². The second kappa shape index (κ2) is 6.63. The highest BCUT2D eigenvalue weighted by atomic mass is 14.9. The van der Waals surface area contributed by atoms with Crippen LogP contribution in [0.1, 0.15) is 36.4 Å².